The predicted molar refractivity (Wildman–Crippen MR) is 101 cm³/mol. The van der Waals surface area contributed by atoms with Gasteiger partial charge in [0, 0.05) is 23.9 Å². The molecule has 2 N–H and O–H groups in total. The molecule has 29 heavy (non-hydrogen) atoms. The molecule has 0 unspecified atom stereocenters. The van der Waals surface area contributed by atoms with E-state index in [-0.39, 0.29) is 52.4 Å². The van der Waals surface area contributed by atoms with Crippen LogP contribution in [-0.2, 0) is 16.5 Å². The quantitative estimate of drug-likeness (QED) is 0.675. The Balaban J connectivity index is 2.94. The van der Waals surface area contributed by atoms with Gasteiger partial charge in [-0.05, 0) is 39.0 Å². The summed E-state index contributed by atoms with van der Waals surface area (Å²) in [6.07, 6.45) is 0. The molecule has 0 saturated heterocycles. The Kier molecular flexibility index (Phi) is 6.42. The van der Waals surface area contributed by atoms with E-state index < -0.39 is 23.9 Å². The number of aromatic nitrogens is 1. The number of aromatic carboxylic acids is 2. The zero-order valence-corrected chi connectivity index (χ0v) is 16.4. The highest BCUT2D eigenvalue weighted by Gasteiger charge is 2.32. The summed E-state index contributed by atoms with van der Waals surface area (Å²) < 4.78 is 11.3. The molecule has 154 valence electrons. The maximum absolute atomic E-state index is 12.6. The third-order valence-electron chi connectivity index (χ3n) is 4.40. The van der Waals surface area contributed by atoms with Crippen LogP contribution in [0.25, 0.3) is 11.1 Å². The van der Waals surface area contributed by atoms with Crippen LogP contribution in [0.3, 0.4) is 0 Å². The molecule has 1 aromatic carbocycles. The van der Waals surface area contributed by atoms with Gasteiger partial charge in [0.05, 0.1) is 29.9 Å². The van der Waals surface area contributed by atoms with Crippen LogP contribution in [0, 0.1) is 6.92 Å². The molecule has 0 aliphatic rings. The standard InChI is InChI=1S/C20H21NO8/c1-5-28-19(26)11-7-8-12(17(22)23)13(9-11)15-14(20(27)29-6-2)10(3)21(4)16(15)18(24)25/h7-9H,5-6H2,1-4H3,(H,22,23)(H,24,25). The monoisotopic (exact) mass is 403 g/mol. The fourth-order valence-electron chi connectivity index (χ4n) is 3.05. The average molecular weight is 403 g/mol. The molecule has 0 spiro atoms. The number of carbonyl (C=O) groups excluding carboxylic acids is 2. The van der Waals surface area contributed by atoms with E-state index >= 15 is 0 Å². The van der Waals surface area contributed by atoms with Crippen molar-refractivity contribution in [2.45, 2.75) is 20.8 Å². The Morgan fingerprint density at radius 2 is 1.55 bits per heavy atom. The van der Waals surface area contributed by atoms with Crippen molar-refractivity contribution >= 4 is 23.9 Å². The highest BCUT2D eigenvalue weighted by molar-refractivity contribution is 6.10. The van der Waals surface area contributed by atoms with E-state index in [1.165, 1.54) is 36.7 Å². The van der Waals surface area contributed by atoms with E-state index in [2.05, 4.69) is 0 Å². The molecule has 0 radical (unpaired) electrons. The molecule has 0 amide bonds. The highest BCUT2D eigenvalue weighted by Crippen LogP contribution is 2.36. The van der Waals surface area contributed by atoms with Gasteiger partial charge in [-0.25, -0.2) is 19.2 Å². The summed E-state index contributed by atoms with van der Waals surface area (Å²) in [6.45, 7) is 4.89. The van der Waals surface area contributed by atoms with Gasteiger partial charge in [0.15, 0.2) is 0 Å². The molecular formula is C20H21NO8. The number of nitrogens with zero attached hydrogens (tertiary/aromatic N) is 1. The summed E-state index contributed by atoms with van der Waals surface area (Å²) >= 11 is 0. The molecule has 0 bridgehead atoms. The lowest BCUT2D eigenvalue weighted by molar-refractivity contribution is 0.0517. The molecule has 0 saturated carbocycles. The molecule has 0 aliphatic carbocycles. The SMILES string of the molecule is CCOC(=O)c1ccc(C(=O)O)c(-c2c(C(=O)OCC)c(C)n(C)c2C(=O)O)c1. The van der Waals surface area contributed by atoms with Crippen LogP contribution in [-0.4, -0.2) is 51.9 Å². The number of benzene rings is 1. The molecule has 9 nitrogen and oxygen atoms in total. The molecule has 0 atom stereocenters. The molecule has 0 aliphatic heterocycles. The number of carboxylic acids is 2. The molecular weight excluding hydrogens is 382 g/mol. The first-order valence-electron chi connectivity index (χ1n) is 8.80. The highest BCUT2D eigenvalue weighted by atomic mass is 16.5. The summed E-state index contributed by atoms with van der Waals surface area (Å²) in [7, 11) is 1.45. The van der Waals surface area contributed by atoms with Gasteiger partial charge in [0.1, 0.15) is 5.69 Å². The number of hydrogen-bond acceptors (Lipinski definition) is 6. The van der Waals surface area contributed by atoms with Crippen molar-refractivity contribution in [2.24, 2.45) is 7.05 Å². The van der Waals surface area contributed by atoms with Crippen LogP contribution >= 0.6 is 0 Å². The lowest BCUT2D eigenvalue weighted by Crippen LogP contribution is -2.11. The van der Waals surface area contributed by atoms with E-state index in [1.807, 2.05) is 0 Å². The Morgan fingerprint density at radius 1 is 0.966 bits per heavy atom. The van der Waals surface area contributed by atoms with E-state index in [0.29, 0.717) is 0 Å². The second-order valence-electron chi connectivity index (χ2n) is 6.05. The minimum Gasteiger partial charge on any atom is -0.478 e. The molecule has 0 fully saturated rings. The Morgan fingerprint density at radius 3 is 2.07 bits per heavy atom. The van der Waals surface area contributed by atoms with Crippen LogP contribution in [0.1, 0.15) is 61.1 Å². The van der Waals surface area contributed by atoms with E-state index in [0.717, 1.165) is 0 Å². The Hall–Kier alpha value is -3.62. The third kappa shape index (κ3) is 3.98. The van der Waals surface area contributed by atoms with E-state index in [4.69, 9.17) is 9.47 Å². The van der Waals surface area contributed by atoms with Crippen LogP contribution < -0.4 is 0 Å². The van der Waals surface area contributed by atoms with Gasteiger partial charge in [-0.1, -0.05) is 0 Å². The lowest BCUT2D eigenvalue weighted by atomic mass is 9.93. The predicted octanol–water partition coefficient (Wildman–Crippen LogP) is 2.75. The van der Waals surface area contributed by atoms with Crippen LogP contribution in [0.15, 0.2) is 18.2 Å². The molecule has 2 aromatic rings. The van der Waals surface area contributed by atoms with Gasteiger partial charge in [-0.3, -0.25) is 0 Å². The topological polar surface area (TPSA) is 132 Å². The smallest absolute Gasteiger partial charge is 0.353 e. The van der Waals surface area contributed by atoms with Crippen molar-refractivity contribution in [3.63, 3.8) is 0 Å². The number of carboxylic acid groups (broad SMARTS) is 2. The first kappa shape index (κ1) is 21.7. The number of esters is 2. The van der Waals surface area contributed by atoms with Crippen LogP contribution in [0.5, 0.6) is 0 Å². The number of hydrogen-bond donors (Lipinski definition) is 2. The second-order valence-corrected chi connectivity index (χ2v) is 6.05. The fraction of sp³-hybridized carbons (Fsp3) is 0.300. The summed E-state index contributed by atoms with van der Waals surface area (Å²) in [4.78, 5) is 48.5. The van der Waals surface area contributed by atoms with Crippen LogP contribution in [0.2, 0.25) is 0 Å². The van der Waals surface area contributed by atoms with Gasteiger partial charge >= 0.3 is 23.9 Å². The van der Waals surface area contributed by atoms with E-state index in [1.54, 1.807) is 13.8 Å². The maximum Gasteiger partial charge on any atom is 0.353 e. The van der Waals surface area contributed by atoms with Crippen molar-refractivity contribution in [3.8, 4) is 11.1 Å². The normalized spacial score (nSPS) is 10.5. The Labute approximate surface area is 166 Å². The van der Waals surface area contributed by atoms with Crippen molar-refractivity contribution in [1.82, 2.24) is 4.57 Å². The minimum atomic E-state index is -1.36. The van der Waals surface area contributed by atoms with Gasteiger partial charge in [0.25, 0.3) is 0 Å². The molecule has 2 rings (SSSR count). The van der Waals surface area contributed by atoms with Crippen molar-refractivity contribution in [1.29, 1.82) is 0 Å². The zero-order chi connectivity index (χ0) is 21.9. The largest absolute Gasteiger partial charge is 0.478 e. The van der Waals surface area contributed by atoms with Crippen molar-refractivity contribution in [3.05, 3.63) is 46.3 Å². The van der Waals surface area contributed by atoms with Gasteiger partial charge in [-0.15, -0.1) is 0 Å². The van der Waals surface area contributed by atoms with Crippen molar-refractivity contribution < 1.29 is 38.9 Å². The van der Waals surface area contributed by atoms with Gasteiger partial charge in [-0.2, -0.15) is 0 Å². The average Bonchev–Trinajstić information content (AvgIpc) is 2.92. The number of rotatable bonds is 7. The zero-order valence-electron chi connectivity index (χ0n) is 16.4. The summed E-state index contributed by atoms with van der Waals surface area (Å²) in [5.74, 6) is -4.20. The summed E-state index contributed by atoms with van der Waals surface area (Å²) in [6, 6.07) is 3.66. The molecule has 9 heteroatoms. The fourth-order valence-corrected chi connectivity index (χ4v) is 3.05. The second kappa shape index (κ2) is 8.59. The first-order valence-corrected chi connectivity index (χ1v) is 8.80. The van der Waals surface area contributed by atoms with Crippen molar-refractivity contribution in [2.75, 3.05) is 13.2 Å². The van der Waals surface area contributed by atoms with Gasteiger partial charge < -0.3 is 24.3 Å². The first-order chi connectivity index (χ1) is 13.6. The van der Waals surface area contributed by atoms with Gasteiger partial charge in [0.2, 0.25) is 0 Å². The minimum absolute atomic E-state index is 0.0273. The summed E-state index contributed by atoms with van der Waals surface area (Å²) in [5, 5.41) is 19.3. The van der Waals surface area contributed by atoms with E-state index in [9.17, 15) is 29.4 Å². The van der Waals surface area contributed by atoms with Crippen LogP contribution in [0.4, 0.5) is 0 Å². The lowest BCUT2D eigenvalue weighted by Gasteiger charge is -2.11. The third-order valence-corrected chi connectivity index (χ3v) is 4.40. The number of carbonyl (C=O) groups is 4. The number of ether oxygens (including phenoxy) is 2. The Bertz CT molecular complexity index is 1000. The summed E-state index contributed by atoms with van der Waals surface area (Å²) in [5.41, 5.74) is -0.541. The molecule has 1 aromatic heterocycles. The molecule has 1 heterocycles. The maximum atomic E-state index is 12.6.